The molecule has 0 unspecified atom stereocenters. The molecule has 0 aliphatic heterocycles. The van der Waals surface area contributed by atoms with E-state index in [1.165, 1.54) is 6.92 Å². The van der Waals surface area contributed by atoms with Crippen molar-refractivity contribution >= 4 is 22.5 Å². The minimum Gasteiger partial charge on any atom is -0.511 e. The number of benzene rings is 1. The lowest BCUT2D eigenvalue weighted by Gasteiger charge is -2.04. The van der Waals surface area contributed by atoms with Gasteiger partial charge >= 0.3 is 0 Å². The molecule has 0 saturated carbocycles. The van der Waals surface area contributed by atoms with Gasteiger partial charge in [-0.2, -0.15) is 10.4 Å². The Balaban J connectivity index is 2.26. The Bertz CT molecular complexity index is 675. The van der Waals surface area contributed by atoms with E-state index >= 15 is 0 Å². The third kappa shape index (κ3) is 2.15. The van der Waals surface area contributed by atoms with Crippen molar-refractivity contribution < 1.29 is 9.90 Å². The first-order valence-corrected chi connectivity index (χ1v) is 5.16. The Morgan fingerprint density at radius 3 is 3.00 bits per heavy atom. The molecule has 0 aliphatic rings. The van der Waals surface area contributed by atoms with Crippen LogP contribution in [0.15, 0.2) is 35.7 Å². The minimum absolute atomic E-state index is 0.303. The van der Waals surface area contributed by atoms with Crippen LogP contribution in [0.4, 0.5) is 5.69 Å². The summed E-state index contributed by atoms with van der Waals surface area (Å²) in [7, 11) is 0. The number of aromatic nitrogens is 2. The zero-order valence-corrected chi connectivity index (χ0v) is 9.56. The standard InChI is InChI=1S/C12H10N4O2/c1-7(17)10(5-13)12(18)15-9-2-3-11-8(4-9)6-14-16-11/h2-4,6,17H,1H3,(H,14,16)(H,15,18)/b10-7-. The molecule has 0 fully saturated rings. The van der Waals surface area contributed by atoms with Crippen LogP contribution in [0.3, 0.4) is 0 Å². The minimum atomic E-state index is -0.639. The number of allylic oxidation sites excluding steroid dienone is 1. The second-order valence-electron chi connectivity index (χ2n) is 3.70. The second-order valence-corrected chi connectivity index (χ2v) is 3.70. The molecule has 2 rings (SSSR count). The molecule has 1 aromatic heterocycles. The zero-order valence-electron chi connectivity index (χ0n) is 9.56. The van der Waals surface area contributed by atoms with E-state index in [9.17, 15) is 9.90 Å². The maximum absolute atomic E-state index is 11.7. The van der Waals surface area contributed by atoms with Gasteiger partial charge in [-0.1, -0.05) is 0 Å². The van der Waals surface area contributed by atoms with Crippen molar-refractivity contribution in [1.82, 2.24) is 10.2 Å². The van der Waals surface area contributed by atoms with E-state index in [-0.39, 0.29) is 11.3 Å². The van der Waals surface area contributed by atoms with Crippen LogP contribution in [-0.2, 0) is 4.79 Å². The summed E-state index contributed by atoms with van der Waals surface area (Å²) in [4.78, 5) is 11.7. The van der Waals surface area contributed by atoms with Gasteiger partial charge in [0.25, 0.3) is 5.91 Å². The number of carbonyl (C=O) groups excluding carboxylic acids is 1. The number of fused-ring (bicyclic) bond motifs is 1. The highest BCUT2D eigenvalue weighted by molar-refractivity contribution is 6.07. The van der Waals surface area contributed by atoms with Crippen LogP contribution >= 0.6 is 0 Å². The molecule has 1 amide bonds. The summed E-state index contributed by atoms with van der Waals surface area (Å²) < 4.78 is 0. The van der Waals surface area contributed by atoms with Crippen molar-refractivity contribution in [2.75, 3.05) is 5.32 Å². The third-order valence-electron chi connectivity index (χ3n) is 2.40. The highest BCUT2D eigenvalue weighted by atomic mass is 16.3. The van der Waals surface area contributed by atoms with Crippen LogP contribution in [0.1, 0.15) is 6.92 Å². The largest absolute Gasteiger partial charge is 0.511 e. The highest BCUT2D eigenvalue weighted by Gasteiger charge is 2.12. The average molecular weight is 242 g/mol. The molecule has 90 valence electrons. The molecule has 0 atom stereocenters. The molecule has 3 N–H and O–H groups in total. The van der Waals surface area contributed by atoms with Crippen molar-refractivity contribution in [2.24, 2.45) is 0 Å². The molecular formula is C12H10N4O2. The normalized spacial score (nSPS) is 11.8. The number of aliphatic hydroxyl groups is 1. The first-order chi connectivity index (χ1) is 8.61. The summed E-state index contributed by atoms with van der Waals surface area (Å²) in [5.41, 5.74) is 1.08. The number of anilines is 1. The molecular weight excluding hydrogens is 232 g/mol. The second kappa shape index (κ2) is 4.59. The molecule has 0 spiro atoms. The molecule has 2 aromatic rings. The predicted molar refractivity (Wildman–Crippen MR) is 65.7 cm³/mol. The molecule has 0 bridgehead atoms. The maximum atomic E-state index is 11.7. The van der Waals surface area contributed by atoms with Gasteiger partial charge in [0, 0.05) is 11.1 Å². The van der Waals surface area contributed by atoms with Gasteiger partial charge in [-0.05, 0) is 25.1 Å². The molecule has 6 heteroatoms. The first kappa shape index (κ1) is 11.7. The number of hydrogen-bond acceptors (Lipinski definition) is 4. The van der Waals surface area contributed by atoms with E-state index in [2.05, 4.69) is 15.5 Å². The molecule has 0 radical (unpaired) electrons. The fourth-order valence-electron chi connectivity index (χ4n) is 1.51. The lowest BCUT2D eigenvalue weighted by atomic mass is 10.2. The summed E-state index contributed by atoms with van der Waals surface area (Å²) in [5, 5.41) is 27.9. The number of nitrogens with zero attached hydrogens (tertiary/aromatic N) is 2. The monoisotopic (exact) mass is 242 g/mol. The highest BCUT2D eigenvalue weighted by Crippen LogP contribution is 2.17. The number of aromatic amines is 1. The average Bonchev–Trinajstić information content (AvgIpc) is 2.76. The molecule has 0 aliphatic carbocycles. The SMILES string of the molecule is C/C(O)=C(\C#N)C(=O)Nc1ccc2[nH]ncc2c1. The van der Waals surface area contributed by atoms with Crippen LogP contribution in [0.25, 0.3) is 10.9 Å². The van der Waals surface area contributed by atoms with E-state index in [1.54, 1.807) is 30.5 Å². The molecule has 18 heavy (non-hydrogen) atoms. The Kier molecular flexibility index (Phi) is 2.98. The molecule has 0 saturated heterocycles. The van der Waals surface area contributed by atoms with Crippen molar-refractivity contribution in [1.29, 1.82) is 5.26 Å². The number of hydrogen-bond donors (Lipinski definition) is 3. The van der Waals surface area contributed by atoms with Crippen LogP contribution in [0, 0.1) is 11.3 Å². The third-order valence-corrected chi connectivity index (χ3v) is 2.40. The molecule has 6 nitrogen and oxygen atoms in total. The summed E-state index contributed by atoms with van der Waals surface area (Å²) >= 11 is 0. The van der Waals surface area contributed by atoms with Gasteiger partial charge in [0.05, 0.1) is 11.7 Å². The smallest absolute Gasteiger partial charge is 0.269 e. The number of rotatable bonds is 2. The van der Waals surface area contributed by atoms with Gasteiger partial charge in [0.1, 0.15) is 11.8 Å². The number of aliphatic hydroxyl groups excluding tert-OH is 1. The summed E-state index contributed by atoms with van der Waals surface area (Å²) in [6.45, 7) is 1.29. The van der Waals surface area contributed by atoms with Crippen LogP contribution in [0.2, 0.25) is 0 Å². The number of nitrogens with one attached hydrogen (secondary N) is 2. The van der Waals surface area contributed by atoms with E-state index in [0.717, 1.165) is 10.9 Å². The Labute approximate surface area is 103 Å². The molecule has 1 heterocycles. The van der Waals surface area contributed by atoms with Gasteiger partial charge in [0.15, 0.2) is 5.57 Å². The van der Waals surface area contributed by atoms with Crippen molar-refractivity contribution in [2.45, 2.75) is 6.92 Å². The van der Waals surface area contributed by atoms with Crippen LogP contribution in [-0.4, -0.2) is 21.2 Å². The number of H-pyrrole nitrogens is 1. The van der Waals surface area contributed by atoms with Crippen LogP contribution < -0.4 is 5.32 Å². The van der Waals surface area contributed by atoms with Crippen molar-refractivity contribution in [3.8, 4) is 6.07 Å². The fourth-order valence-corrected chi connectivity index (χ4v) is 1.51. The van der Waals surface area contributed by atoms with E-state index in [1.807, 2.05) is 0 Å². The summed E-state index contributed by atoms with van der Waals surface area (Å²) in [6.07, 6.45) is 1.63. The van der Waals surface area contributed by atoms with Crippen LogP contribution in [0.5, 0.6) is 0 Å². The van der Waals surface area contributed by atoms with Crippen molar-refractivity contribution in [3.63, 3.8) is 0 Å². The van der Waals surface area contributed by atoms with Gasteiger partial charge in [-0.15, -0.1) is 0 Å². The summed E-state index contributed by atoms with van der Waals surface area (Å²) in [6, 6.07) is 6.82. The van der Waals surface area contributed by atoms with E-state index in [4.69, 9.17) is 5.26 Å². The predicted octanol–water partition coefficient (Wildman–Crippen LogP) is 1.86. The molecule has 1 aromatic carbocycles. The first-order valence-electron chi connectivity index (χ1n) is 5.16. The lowest BCUT2D eigenvalue weighted by Crippen LogP contribution is -2.14. The Morgan fingerprint density at radius 2 is 2.33 bits per heavy atom. The Hall–Kier alpha value is -2.81. The topological polar surface area (TPSA) is 102 Å². The van der Waals surface area contributed by atoms with E-state index < -0.39 is 5.91 Å². The van der Waals surface area contributed by atoms with Gasteiger partial charge in [0.2, 0.25) is 0 Å². The summed E-state index contributed by atoms with van der Waals surface area (Å²) in [5.74, 6) is -0.945. The number of amides is 1. The van der Waals surface area contributed by atoms with Crippen molar-refractivity contribution in [3.05, 3.63) is 35.7 Å². The quantitative estimate of drug-likeness (QED) is 0.425. The van der Waals surface area contributed by atoms with Gasteiger partial charge in [-0.3, -0.25) is 9.89 Å². The fraction of sp³-hybridized carbons (Fsp3) is 0.0833. The number of carbonyl (C=O) groups is 1. The van der Waals surface area contributed by atoms with E-state index in [0.29, 0.717) is 5.69 Å². The lowest BCUT2D eigenvalue weighted by molar-refractivity contribution is -0.112. The number of nitriles is 1. The maximum Gasteiger partial charge on any atom is 0.269 e. The zero-order chi connectivity index (χ0) is 13.1. The Morgan fingerprint density at radius 1 is 1.56 bits per heavy atom. The van der Waals surface area contributed by atoms with Gasteiger partial charge in [-0.25, -0.2) is 0 Å². The van der Waals surface area contributed by atoms with Gasteiger partial charge < -0.3 is 10.4 Å².